The summed E-state index contributed by atoms with van der Waals surface area (Å²) in [5.74, 6) is -0.0802. The van der Waals surface area contributed by atoms with E-state index in [-0.39, 0.29) is 5.95 Å². The van der Waals surface area contributed by atoms with E-state index in [2.05, 4.69) is 19.9 Å². The molecule has 7 nitrogen and oxygen atoms in total. The van der Waals surface area contributed by atoms with Crippen molar-refractivity contribution < 1.29 is 13.5 Å². The van der Waals surface area contributed by atoms with Crippen LogP contribution in [-0.4, -0.2) is 40.6 Å². The lowest BCUT2D eigenvalue weighted by Crippen LogP contribution is -2.29. The summed E-state index contributed by atoms with van der Waals surface area (Å²) in [6.07, 6.45) is 0. The topological polar surface area (TPSA) is 105 Å². The van der Waals surface area contributed by atoms with Crippen molar-refractivity contribution in [1.82, 2.24) is 15.2 Å². The highest BCUT2D eigenvalue weighted by Gasteiger charge is 2.21. The molecule has 0 saturated carbocycles. The van der Waals surface area contributed by atoms with Crippen LogP contribution >= 0.6 is 0 Å². The van der Waals surface area contributed by atoms with E-state index < -0.39 is 21.9 Å². The largest absolute Gasteiger partial charge is 0.395 e. The van der Waals surface area contributed by atoms with Crippen molar-refractivity contribution in [2.45, 2.75) is 26.0 Å². The van der Waals surface area contributed by atoms with Crippen molar-refractivity contribution in [2.75, 3.05) is 11.3 Å². The molecule has 0 aliphatic heterocycles. The van der Waals surface area contributed by atoms with Gasteiger partial charge in [-0.25, -0.2) is 18.1 Å². The van der Waals surface area contributed by atoms with Gasteiger partial charge in [-0.15, -0.1) is 5.10 Å². The molecule has 0 aromatic carbocycles. The zero-order chi connectivity index (χ0) is 12.3. The number of hydrogen-bond donors (Lipinski definition) is 2. The number of nitrogens with zero attached hydrogens (tertiary/aromatic N) is 3. The number of nitrogens with one attached hydrogen (secondary N) is 1. The van der Waals surface area contributed by atoms with Gasteiger partial charge < -0.3 is 5.11 Å². The van der Waals surface area contributed by atoms with Crippen molar-refractivity contribution in [3.05, 3.63) is 11.4 Å². The van der Waals surface area contributed by atoms with Crippen molar-refractivity contribution >= 4 is 16.0 Å². The second kappa shape index (κ2) is 4.71. The molecule has 16 heavy (non-hydrogen) atoms. The first-order valence-electron chi connectivity index (χ1n) is 4.67. The third-order valence-electron chi connectivity index (χ3n) is 2.11. The monoisotopic (exact) mass is 246 g/mol. The zero-order valence-electron chi connectivity index (χ0n) is 9.30. The Bertz CT molecular complexity index is 474. The molecule has 1 aromatic heterocycles. The average Bonchev–Trinajstić information content (AvgIpc) is 2.22. The van der Waals surface area contributed by atoms with Gasteiger partial charge in [0.05, 0.1) is 18.0 Å². The molecule has 0 spiro atoms. The lowest BCUT2D eigenvalue weighted by atomic mass is 10.4. The molecule has 0 saturated heterocycles. The van der Waals surface area contributed by atoms with Crippen LogP contribution in [0, 0.1) is 13.8 Å². The van der Waals surface area contributed by atoms with Crippen molar-refractivity contribution in [3.8, 4) is 0 Å². The maximum atomic E-state index is 11.5. The fourth-order valence-corrected chi connectivity index (χ4v) is 1.56. The first kappa shape index (κ1) is 12.8. The number of hydrogen-bond acceptors (Lipinski definition) is 6. The van der Waals surface area contributed by atoms with Gasteiger partial charge in [0.2, 0.25) is 10.0 Å². The lowest BCUT2D eigenvalue weighted by Gasteiger charge is -2.11. The molecule has 8 heteroatoms. The number of aliphatic hydroxyl groups excluding tert-OH is 1. The molecule has 0 radical (unpaired) electrons. The van der Waals surface area contributed by atoms with E-state index in [0.717, 1.165) is 0 Å². The fourth-order valence-electron chi connectivity index (χ4n) is 0.826. The van der Waals surface area contributed by atoms with Gasteiger partial charge in [0, 0.05) is 0 Å². The van der Waals surface area contributed by atoms with Gasteiger partial charge in [-0.05, 0) is 20.8 Å². The van der Waals surface area contributed by atoms with Crippen LogP contribution in [0.15, 0.2) is 0 Å². The summed E-state index contributed by atoms with van der Waals surface area (Å²) in [4.78, 5) is 3.93. The van der Waals surface area contributed by atoms with Crippen molar-refractivity contribution in [2.24, 2.45) is 0 Å². The minimum atomic E-state index is -3.66. The average molecular weight is 246 g/mol. The second-order valence-electron chi connectivity index (χ2n) is 3.45. The van der Waals surface area contributed by atoms with Gasteiger partial charge in [-0.2, -0.15) is 5.10 Å². The molecule has 0 fully saturated rings. The van der Waals surface area contributed by atoms with Gasteiger partial charge in [0.1, 0.15) is 5.25 Å². The Hall–Kier alpha value is -1.28. The predicted molar refractivity (Wildman–Crippen MR) is 58.4 cm³/mol. The van der Waals surface area contributed by atoms with Gasteiger partial charge in [0.25, 0.3) is 5.95 Å². The van der Waals surface area contributed by atoms with E-state index in [1.807, 2.05) is 0 Å². The van der Waals surface area contributed by atoms with E-state index in [9.17, 15) is 8.42 Å². The first-order valence-corrected chi connectivity index (χ1v) is 6.22. The molecule has 1 unspecified atom stereocenters. The summed E-state index contributed by atoms with van der Waals surface area (Å²) in [6.45, 7) is 4.35. The van der Waals surface area contributed by atoms with Gasteiger partial charge in [0.15, 0.2) is 0 Å². The Morgan fingerprint density at radius 3 is 2.44 bits per heavy atom. The Balaban J connectivity index is 2.93. The Morgan fingerprint density at radius 1 is 1.31 bits per heavy atom. The molecule has 1 heterocycles. The van der Waals surface area contributed by atoms with Crippen LogP contribution in [-0.2, 0) is 10.0 Å². The van der Waals surface area contributed by atoms with E-state index >= 15 is 0 Å². The van der Waals surface area contributed by atoms with E-state index in [4.69, 9.17) is 5.11 Å². The predicted octanol–water partition coefficient (Wildman–Crippen LogP) is -0.389. The second-order valence-corrected chi connectivity index (χ2v) is 5.55. The fraction of sp³-hybridized carbons (Fsp3) is 0.625. The highest BCUT2D eigenvalue weighted by Crippen LogP contribution is 2.07. The van der Waals surface area contributed by atoms with Crippen LogP contribution in [0.5, 0.6) is 0 Å². The smallest absolute Gasteiger partial charge is 0.256 e. The van der Waals surface area contributed by atoms with Crippen LogP contribution in [0.4, 0.5) is 5.95 Å². The molecule has 0 aliphatic rings. The molecule has 1 rings (SSSR count). The summed E-state index contributed by atoms with van der Waals surface area (Å²) in [5, 5.41) is 15.2. The summed E-state index contributed by atoms with van der Waals surface area (Å²) in [6, 6.07) is 0. The molecule has 0 aliphatic carbocycles. The number of rotatable bonds is 4. The van der Waals surface area contributed by atoms with Gasteiger partial charge >= 0.3 is 0 Å². The molecule has 90 valence electrons. The number of aryl methyl sites for hydroxylation is 2. The number of sulfonamides is 1. The quantitative estimate of drug-likeness (QED) is 0.749. The van der Waals surface area contributed by atoms with Crippen LogP contribution in [0.25, 0.3) is 0 Å². The summed E-state index contributed by atoms with van der Waals surface area (Å²) >= 11 is 0. The normalized spacial score (nSPS) is 13.5. The maximum absolute atomic E-state index is 11.5. The molecule has 0 bridgehead atoms. The Morgan fingerprint density at radius 2 is 1.94 bits per heavy atom. The minimum absolute atomic E-state index is 0.0802. The molecule has 0 amide bonds. The third kappa shape index (κ3) is 2.86. The van der Waals surface area contributed by atoms with Crippen LogP contribution in [0.1, 0.15) is 18.3 Å². The molecule has 1 aromatic rings. The van der Waals surface area contributed by atoms with Crippen molar-refractivity contribution in [1.29, 1.82) is 0 Å². The standard InChI is InChI=1S/C8H14N4O3S/c1-5(4-13)16(14,15)12-8-9-6(2)7(3)10-11-8/h5,13H,4H2,1-3H3,(H,9,11,12). The molecular weight excluding hydrogens is 232 g/mol. The number of anilines is 1. The van der Waals surface area contributed by atoms with Crippen LogP contribution in [0.3, 0.4) is 0 Å². The van der Waals surface area contributed by atoms with Gasteiger partial charge in [-0.3, -0.25) is 0 Å². The third-order valence-corrected chi connectivity index (χ3v) is 3.79. The maximum Gasteiger partial charge on any atom is 0.256 e. The Kier molecular flexibility index (Phi) is 3.76. The van der Waals surface area contributed by atoms with E-state index in [1.54, 1.807) is 13.8 Å². The number of aliphatic hydroxyl groups is 1. The van der Waals surface area contributed by atoms with Crippen molar-refractivity contribution in [3.63, 3.8) is 0 Å². The molecular formula is C8H14N4O3S. The first-order chi connectivity index (χ1) is 7.36. The van der Waals surface area contributed by atoms with Gasteiger partial charge in [-0.1, -0.05) is 0 Å². The molecule has 1 atom stereocenters. The summed E-state index contributed by atoms with van der Waals surface area (Å²) in [5.41, 5.74) is 1.24. The van der Waals surface area contributed by atoms with Crippen LogP contribution in [0.2, 0.25) is 0 Å². The minimum Gasteiger partial charge on any atom is -0.395 e. The van der Waals surface area contributed by atoms with Crippen LogP contribution < -0.4 is 4.72 Å². The molecule has 2 N–H and O–H groups in total. The number of aromatic nitrogens is 3. The highest BCUT2D eigenvalue weighted by atomic mass is 32.2. The summed E-state index contributed by atoms with van der Waals surface area (Å²) in [7, 11) is -3.66. The lowest BCUT2D eigenvalue weighted by molar-refractivity contribution is 0.296. The Labute approximate surface area is 94.0 Å². The zero-order valence-corrected chi connectivity index (χ0v) is 10.1. The van der Waals surface area contributed by atoms with E-state index in [0.29, 0.717) is 11.4 Å². The van der Waals surface area contributed by atoms with E-state index in [1.165, 1.54) is 6.92 Å². The highest BCUT2D eigenvalue weighted by molar-refractivity contribution is 7.93. The summed E-state index contributed by atoms with van der Waals surface area (Å²) < 4.78 is 25.3. The SMILES string of the molecule is Cc1nnc(NS(=O)(=O)C(C)CO)nc1C.